The fourth-order valence-corrected chi connectivity index (χ4v) is 5.72. The monoisotopic (exact) mass is 501 g/mol. The summed E-state index contributed by atoms with van der Waals surface area (Å²) in [5, 5.41) is 4.27. The predicted octanol–water partition coefficient (Wildman–Crippen LogP) is 10.6. The third kappa shape index (κ3) is 3.44. The van der Waals surface area contributed by atoms with Crippen molar-refractivity contribution in [2.75, 3.05) is 4.90 Å². The summed E-state index contributed by atoms with van der Waals surface area (Å²) >= 11 is 0. The van der Waals surface area contributed by atoms with Gasteiger partial charge in [0.1, 0.15) is 16.7 Å². The number of benzene rings is 6. The summed E-state index contributed by atoms with van der Waals surface area (Å²) in [6, 6.07) is 48.2. The van der Waals surface area contributed by atoms with E-state index in [4.69, 9.17) is 8.83 Å². The second-order valence-corrected chi connectivity index (χ2v) is 9.75. The largest absolute Gasteiger partial charge is 0.456 e. The summed E-state index contributed by atoms with van der Waals surface area (Å²) in [5.74, 6) is 0. The van der Waals surface area contributed by atoms with Crippen LogP contribution in [0.5, 0.6) is 0 Å². The Labute approximate surface area is 225 Å². The zero-order valence-electron chi connectivity index (χ0n) is 21.0. The van der Waals surface area contributed by atoms with E-state index in [2.05, 4.69) is 120 Å². The van der Waals surface area contributed by atoms with E-state index in [1.54, 1.807) is 0 Å². The lowest BCUT2D eigenvalue weighted by atomic mass is 9.99. The molecule has 184 valence electrons. The molecule has 0 amide bonds. The van der Waals surface area contributed by atoms with E-state index in [1.165, 1.54) is 5.56 Å². The van der Waals surface area contributed by atoms with E-state index < -0.39 is 0 Å². The summed E-state index contributed by atoms with van der Waals surface area (Å²) in [6.07, 6.45) is 0. The van der Waals surface area contributed by atoms with E-state index >= 15 is 0 Å². The average Bonchev–Trinajstić information content (AvgIpc) is 3.55. The fraction of sp³-hybridized carbons (Fsp3) is 0. The minimum Gasteiger partial charge on any atom is -0.456 e. The van der Waals surface area contributed by atoms with Crippen LogP contribution in [0.3, 0.4) is 0 Å². The zero-order chi connectivity index (χ0) is 25.8. The van der Waals surface area contributed by atoms with Gasteiger partial charge >= 0.3 is 0 Å². The van der Waals surface area contributed by atoms with Crippen molar-refractivity contribution < 1.29 is 8.83 Å². The maximum absolute atomic E-state index is 6.70. The van der Waals surface area contributed by atoms with Crippen LogP contribution in [0.2, 0.25) is 0 Å². The smallest absolute Gasteiger partial charge is 0.159 e. The molecule has 0 spiro atoms. The van der Waals surface area contributed by atoms with Crippen molar-refractivity contribution in [3.63, 3.8) is 0 Å². The maximum Gasteiger partial charge on any atom is 0.159 e. The molecule has 0 radical (unpaired) electrons. The Kier molecular flexibility index (Phi) is 4.82. The molecule has 6 aromatic carbocycles. The van der Waals surface area contributed by atoms with E-state index in [-0.39, 0.29) is 0 Å². The first-order valence-corrected chi connectivity index (χ1v) is 13.1. The van der Waals surface area contributed by atoms with Crippen molar-refractivity contribution in [1.29, 1.82) is 0 Å². The molecule has 2 aromatic heterocycles. The highest BCUT2D eigenvalue weighted by molar-refractivity contribution is 6.19. The van der Waals surface area contributed by atoms with E-state index in [0.717, 1.165) is 66.5 Å². The van der Waals surface area contributed by atoms with Crippen LogP contribution in [0.25, 0.3) is 55.0 Å². The molecule has 0 bridgehead atoms. The number of furan rings is 2. The molecular weight excluding hydrogens is 478 g/mol. The standard InChI is InChI=1S/C36H23NO2/c1-4-12-24(13-5-1)27-18-11-21-32-35(27)30-23-33-29(22-34(30)38-32)28-19-10-20-31(36(28)39-33)37(25-14-6-2-7-15-25)26-16-8-3-9-17-26/h1-23H. The number of fused-ring (bicyclic) bond motifs is 6. The SMILES string of the molecule is c1ccc(-c2cccc3oc4cc5c(cc4c23)oc2c(N(c3ccccc3)c3ccccc3)cccc25)cc1. The quantitative estimate of drug-likeness (QED) is 0.240. The van der Waals surface area contributed by atoms with Crippen LogP contribution in [0.4, 0.5) is 17.1 Å². The molecule has 8 rings (SSSR count). The first kappa shape index (κ1) is 21.8. The highest BCUT2D eigenvalue weighted by Gasteiger charge is 2.21. The minimum atomic E-state index is 0.844. The third-order valence-electron chi connectivity index (χ3n) is 7.45. The van der Waals surface area contributed by atoms with E-state index in [9.17, 15) is 0 Å². The van der Waals surface area contributed by atoms with Gasteiger partial charge in [-0.1, -0.05) is 91.0 Å². The van der Waals surface area contributed by atoms with E-state index in [1.807, 2.05) is 24.3 Å². The van der Waals surface area contributed by atoms with Crippen molar-refractivity contribution in [1.82, 2.24) is 0 Å². The van der Waals surface area contributed by atoms with Crippen molar-refractivity contribution in [2.45, 2.75) is 0 Å². The number of anilines is 3. The van der Waals surface area contributed by atoms with Gasteiger partial charge in [0.15, 0.2) is 5.58 Å². The van der Waals surface area contributed by atoms with Crippen LogP contribution in [-0.2, 0) is 0 Å². The molecule has 3 heteroatoms. The number of para-hydroxylation sites is 3. The third-order valence-corrected chi connectivity index (χ3v) is 7.45. The first-order chi connectivity index (χ1) is 19.3. The number of hydrogen-bond donors (Lipinski definition) is 0. The Bertz CT molecular complexity index is 2070. The highest BCUT2D eigenvalue weighted by atomic mass is 16.3. The first-order valence-electron chi connectivity index (χ1n) is 13.1. The summed E-state index contributed by atoms with van der Waals surface area (Å²) in [5.41, 5.74) is 8.89. The molecule has 0 fully saturated rings. The Morgan fingerprint density at radius 1 is 0.436 bits per heavy atom. The molecular formula is C36H23NO2. The van der Waals surface area contributed by atoms with Crippen LogP contribution in [0, 0.1) is 0 Å². The average molecular weight is 502 g/mol. The van der Waals surface area contributed by atoms with Gasteiger partial charge in [0.2, 0.25) is 0 Å². The summed E-state index contributed by atoms with van der Waals surface area (Å²) in [6.45, 7) is 0. The van der Waals surface area contributed by atoms with Crippen LogP contribution >= 0.6 is 0 Å². The van der Waals surface area contributed by atoms with Gasteiger partial charge in [-0.2, -0.15) is 0 Å². The van der Waals surface area contributed by atoms with Gasteiger partial charge in [-0.15, -0.1) is 0 Å². The molecule has 0 saturated carbocycles. The predicted molar refractivity (Wildman–Crippen MR) is 161 cm³/mol. The van der Waals surface area contributed by atoms with Gasteiger partial charge in [-0.05, 0) is 59.7 Å². The second kappa shape index (κ2) is 8.64. The number of hydrogen-bond acceptors (Lipinski definition) is 3. The van der Waals surface area contributed by atoms with Gasteiger partial charge in [0, 0.05) is 32.9 Å². The second-order valence-electron chi connectivity index (χ2n) is 9.75. The van der Waals surface area contributed by atoms with Gasteiger partial charge in [0.05, 0.1) is 5.69 Å². The molecule has 2 heterocycles. The van der Waals surface area contributed by atoms with Crippen molar-refractivity contribution >= 4 is 60.9 Å². The van der Waals surface area contributed by atoms with Crippen LogP contribution in [0.1, 0.15) is 0 Å². The number of rotatable bonds is 4. The molecule has 0 unspecified atom stereocenters. The maximum atomic E-state index is 6.70. The van der Waals surface area contributed by atoms with Crippen LogP contribution in [0.15, 0.2) is 148 Å². The summed E-state index contributed by atoms with van der Waals surface area (Å²) in [7, 11) is 0. The molecule has 0 saturated heterocycles. The Hall–Kier alpha value is -5.28. The molecule has 0 atom stereocenters. The Balaban J connectivity index is 1.40. The molecule has 0 N–H and O–H groups in total. The van der Waals surface area contributed by atoms with Gasteiger partial charge < -0.3 is 13.7 Å². The van der Waals surface area contributed by atoms with Gasteiger partial charge in [-0.25, -0.2) is 0 Å². The molecule has 3 nitrogen and oxygen atoms in total. The lowest BCUT2D eigenvalue weighted by Crippen LogP contribution is -2.09. The lowest BCUT2D eigenvalue weighted by Gasteiger charge is -2.25. The molecule has 39 heavy (non-hydrogen) atoms. The molecule has 0 aliphatic rings. The topological polar surface area (TPSA) is 29.5 Å². The summed E-state index contributed by atoms with van der Waals surface area (Å²) in [4.78, 5) is 2.25. The van der Waals surface area contributed by atoms with Crippen LogP contribution < -0.4 is 4.90 Å². The zero-order valence-corrected chi connectivity index (χ0v) is 21.0. The van der Waals surface area contributed by atoms with E-state index in [0.29, 0.717) is 0 Å². The van der Waals surface area contributed by atoms with Crippen molar-refractivity contribution in [3.05, 3.63) is 140 Å². The fourth-order valence-electron chi connectivity index (χ4n) is 5.72. The highest BCUT2D eigenvalue weighted by Crippen LogP contribution is 2.44. The van der Waals surface area contributed by atoms with Gasteiger partial charge in [0.25, 0.3) is 0 Å². The van der Waals surface area contributed by atoms with Crippen LogP contribution in [-0.4, -0.2) is 0 Å². The molecule has 8 aromatic rings. The van der Waals surface area contributed by atoms with Gasteiger partial charge in [-0.3, -0.25) is 0 Å². The number of nitrogens with zero attached hydrogens (tertiary/aromatic N) is 1. The Morgan fingerprint density at radius 2 is 1.05 bits per heavy atom. The minimum absolute atomic E-state index is 0.844. The van der Waals surface area contributed by atoms with Crippen molar-refractivity contribution in [3.8, 4) is 11.1 Å². The normalized spacial score (nSPS) is 11.6. The molecule has 0 aliphatic carbocycles. The molecule has 0 aliphatic heterocycles. The Morgan fingerprint density at radius 3 is 1.77 bits per heavy atom. The lowest BCUT2D eigenvalue weighted by molar-refractivity contribution is 0.664. The van der Waals surface area contributed by atoms with Crippen molar-refractivity contribution in [2.24, 2.45) is 0 Å². The summed E-state index contributed by atoms with van der Waals surface area (Å²) < 4.78 is 13.1.